The SMILES string of the molecule is Cc1cc(S(=O)(=O)N2CCCCC2CCNC(=O)C(=O)NCc2ccc(Cl)cc2)ccc1F. The van der Waals surface area contributed by atoms with E-state index in [1.54, 1.807) is 24.3 Å². The summed E-state index contributed by atoms with van der Waals surface area (Å²) in [5, 5.41) is 5.68. The molecule has 0 aliphatic carbocycles. The normalized spacial score (nSPS) is 16.9. The van der Waals surface area contributed by atoms with Gasteiger partial charge in [-0.05, 0) is 67.6 Å². The fourth-order valence-corrected chi connectivity index (χ4v) is 5.72. The molecule has 0 bridgehead atoms. The summed E-state index contributed by atoms with van der Waals surface area (Å²) >= 11 is 5.82. The molecule has 0 spiro atoms. The molecule has 7 nitrogen and oxygen atoms in total. The molecular formula is C23H27ClFN3O4S. The Hall–Kier alpha value is -2.49. The minimum Gasteiger partial charge on any atom is -0.348 e. The van der Waals surface area contributed by atoms with Gasteiger partial charge in [-0.3, -0.25) is 9.59 Å². The number of sulfonamides is 1. The van der Waals surface area contributed by atoms with Crippen LogP contribution >= 0.6 is 11.6 Å². The zero-order chi connectivity index (χ0) is 24.0. The minimum atomic E-state index is -3.79. The molecule has 1 saturated heterocycles. The summed E-state index contributed by atoms with van der Waals surface area (Å²) in [4.78, 5) is 24.2. The third kappa shape index (κ3) is 6.52. The Morgan fingerprint density at radius 1 is 1.09 bits per heavy atom. The van der Waals surface area contributed by atoms with Gasteiger partial charge in [0, 0.05) is 30.7 Å². The highest BCUT2D eigenvalue weighted by molar-refractivity contribution is 7.89. The Labute approximate surface area is 198 Å². The fourth-order valence-electron chi connectivity index (χ4n) is 3.79. The Balaban J connectivity index is 1.54. The highest BCUT2D eigenvalue weighted by atomic mass is 35.5. The van der Waals surface area contributed by atoms with Gasteiger partial charge in [0.1, 0.15) is 5.82 Å². The van der Waals surface area contributed by atoms with E-state index < -0.39 is 27.7 Å². The molecule has 1 heterocycles. The smallest absolute Gasteiger partial charge is 0.309 e. The first kappa shape index (κ1) is 25.1. The van der Waals surface area contributed by atoms with Gasteiger partial charge in [-0.2, -0.15) is 4.31 Å². The van der Waals surface area contributed by atoms with Gasteiger partial charge in [0.2, 0.25) is 10.0 Å². The van der Waals surface area contributed by atoms with Gasteiger partial charge in [0.05, 0.1) is 4.90 Å². The molecule has 2 aromatic rings. The number of hydrogen-bond acceptors (Lipinski definition) is 4. The van der Waals surface area contributed by atoms with E-state index >= 15 is 0 Å². The number of halogens is 2. The second kappa shape index (κ2) is 11.1. The highest BCUT2D eigenvalue weighted by Gasteiger charge is 2.33. The summed E-state index contributed by atoms with van der Waals surface area (Å²) in [6, 6.07) is 10.3. The summed E-state index contributed by atoms with van der Waals surface area (Å²) in [6.45, 7) is 2.23. The second-order valence-electron chi connectivity index (χ2n) is 8.03. The molecule has 3 rings (SSSR count). The van der Waals surface area contributed by atoms with Crippen molar-refractivity contribution >= 4 is 33.4 Å². The number of nitrogens with one attached hydrogen (secondary N) is 2. The molecule has 1 atom stereocenters. The Bertz CT molecular complexity index is 1110. The lowest BCUT2D eigenvalue weighted by molar-refractivity contribution is -0.139. The lowest BCUT2D eigenvalue weighted by Crippen LogP contribution is -2.46. The third-order valence-electron chi connectivity index (χ3n) is 5.64. The molecule has 1 fully saturated rings. The van der Waals surface area contributed by atoms with E-state index in [9.17, 15) is 22.4 Å². The highest BCUT2D eigenvalue weighted by Crippen LogP contribution is 2.27. The van der Waals surface area contributed by atoms with E-state index in [2.05, 4.69) is 10.6 Å². The van der Waals surface area contributed by atoms with E-state index in [-0.39, 0.29) is 29.6 Å². The van der Waals surface area contributed by atoms with Crippen molar-refractivity contribution in [3.63, 3.8) is 0 Å². The van der Waals surface area contributed by atoms with E-state index in [1.165, 1.54) is 23.4 Å². The molecule has 33 heavy (non-hydrogen) atoms. The maximum Gasteiger partial charge on any atom is 0.309 e. The van der Waals surface area contributed by atoms with Crippen molar-refractivity contribution in [3.8, 4) is 0 Å². The molecule has 10 heteroatoms. The number of benzene rings is 2. The summed E-state index contributed by atoms with van der Waals surface area (Å²) < 4.78 is 41.3. The monoisotopic (exact) mass is 495 g/mol. The van der Waals surface area contributed by atoms with E-state index in [0.717, 1.165) is 24.5 Å². The van der Waals surface area contributed by atoms with Crippen LogP contribution in [0, 0.1) is 12.7 Å². The number of carbonyl (C=O) groups excluding carboxylic acids is 2. The quantitative estimate of drug-likeness (QED) is 0.577. The number of rotatable bonds is 7. The number of amides is 2. The van der Waals surface area contributed by atoms with E-state index in [4.69, 9.17) is 11.6 Å². The van der Waals surface area contributed by atoms with Gasteiger partial charge in [-0.15, -0.1) is 0 Å². The van der Waals surface area contributed by atoms with Crippen LogP contribution in [-0.4, -0.2) is 43.7 Å². The molecule has 1 aliphatic rings. The maximum atomic E-state index is 13.6. The van der Waals surface area contributed by atoms with E-state index in [1.807, 2.05) is 0 Å². The van der Waals surface area contributed by atoms with Crippen molar-refractivity contribution in [2.24, 2.45) is 0 Å². The van der Waals surface area contributed by atoms with E-state index in [0.29, 0.717) is 24.4 Å². The van der Waals surface area contributed by atoms with Crippen LogP contribution in [0.25, 0.3) is 0 Å². The van der Waals surface area contributed by atoms with Crippen LogP contribution in [0.4, 0.5) is 4.39 Å². The molecule has 2 aromatic carbocycles. The Kier molecular flexibility index (Phi) is 8.45. The average Bonchev–Trinajstić information content (AvgIpc) is 2.80. The first-order chi connectivity index (χ1) is 15.7. The van der Waals surface area contributed by atoms with Gasteiger partial charge in [-0.1, -0.05) is 30.2 Å². The summed E-state index contributed by atoms with van der Waals surface area (Å²) in [6.07, 6.45) is 2.62. The third-order valence-corrected chi connectivity index (χ3v) is 7.84. The minimum absolute atomic E-state index is 0.0545. The van der Waals surface area contributed by atoms with Crippen molar-refractivity contribution in [1.82, 2.24) is 14.9 Å². The van der Waals surface area contributed by atoms with Gasteiger partial charge in [-0.25, -0.2) is 12.8 Å². The standard InChI is InChI=1S/C23H27ClFN3O4S/c1-16-14-20(9-10-21(16)25)33(31,32)28-13-3-2-4-19(28)11-12-26-22(29)23(30)27-15-17-5-7-18(24)8-6-17/h5-10,14,19H,2-4,11-13,15H2,1H3,(H,26,29)(H,27,30). The molecule has 0 saturated carbocycles. The van der Waals surface area contributed by atoms with Crippen molar-refractivity contribution < 1.29 is 22.4 Å². The van der Waals surface area contributed by atoms with Crippen LogP contribution in [-0.2, 0) is 26.2 Å². The van der Waals surface area contributed by atoms with Gasteiger partial charge in [0.15, 0.2) is 0 Å². The predicted octanol–water partition coefficient (Wildman–Crippen LogP) is 3.15. The van der Waals surface area contributed by atoms with Crippen molar-refractivity contribution in [3.05, 3.63) is 64.4 Å². The topological polar surface area (TPSA) is 95.6 Å². The maximum absolute atomic E-state index is 13.6. The molecular weight excluding hydrogens is 469 g/mol. The number of hydrogen-bond donors (Lipinski definition) is 2. The number of aryl methyl sites for hydroxylation is 1. The van der Waals surface area contributed by atoms with Gasteiger partial charge in [0.25, 0.3) is 0 Å². The van der Waals surface area contributed by atoms with Crippen molar-refractivity contribution in [2.75, 3.05) is 13.1 Å². The Morgan fingerprint density at radius 2 is 1.79 bits per heavy atom. The average molecular weight is 496 g/mol. The largest absolute Gasteiger partial charge is 0.348 e. The zero-order valence-corrected chi connectivity index (χ0v) is 19.9. The Morgan fingerprint density at radius 3 is 2.48 bits per heavy atom. The zero-order valence-electron chi connectivity index (χ0n) is 18.3. The molecule has 1 unspecified atom stereocenters. The van der Waals surface area contributed by atoms with Crippen molar-refractivity contribution in [1.29, 1.82) is 0 Å². The second-order valence-corrected chi connectivity index (χ2v) is 10.4. The van der Waals surface area contributed by atoms with Crippen LogP contribution in [0.1, 0.15) is 36.8 Å². The van der Waals surface area contributed by atoms with Crippen LogP contribution < -0.4 is 10.6 Å². The summed E-state index contributed by atoms with van der Waals surface area (Å²) in [5.41, 5.74) is 1.07. The molecule has 1 aliphatic heterocycles. The lowest BCUT2D eigenvalue weighted by Gasteiger charge is -2.34. The molecule has 0 radical (unpaired) electrons. The van der Waals surface area contributed by atoms with Gasteiger partial charge < -0.3 is 10.6 Å². The number of carbonyl (C=O) groups is 2. The first-order valence-corrected chi connectivity index (χ1v) is 12.6. The summed E-state index contributed by atoms with van der Waals surface area (Å²) in [5.74, 6) is -2.00. The summed E-state index contributed by atoms with van der Waals surface area (Å²) in [7, 11) is -3.79. The van der Waals surface area contributed by atoms with Crippen LogP contribution in [0.15, 0.2) is 47.4 Å². The lowest BCUT2D eigenvalue weighted by atomic mass is 10.0. The fraction of sp³-hybridized carbons (Fsp3) is 0.391. The first-order valence-electron chi connectivity index (χ1n) is 10.8. The molecule has 0 aromatic heterocycles. The molecule has 2 N–H and O–H groups in total. The molecule has 2 amide bonds. The van der Waals surface area contributed by atoms with Crippen molar-refractivity contribution in [2.45, 2.75) is 50.1 Å². The number of nitrogens with zero attached hydrogens (tertiary/aromatic N) is 1. The van der Waals surface area contributed by atoms with Crippen LogP contribution in [0.3, 0.4) is 0 Å². The van der Waals surface area contributed by atoms with Crippen LogP contribution in [0.5, 0.6) is 0 Å². The van der Waals surface area contributed by atoms with Crippen LogP contribution in [0.2, 0.25) is 5.02 Å². The number of piperidine rings is 1. The molecule has 178 valence electrons. The predicted molar refractivity (Wildman–Crippen MR) is 124 cm³/mol. The van der Waals surface area contributed by atoms with Gasteiger partial charge >= 0.3 is 11.8 Å².